The van der Waals surface area contributed by atoms with Gasteiger partial charge in [0.25, 0.3) is 5.91 Å². The predicted octanol–water partition coefficient (Wildman–Crippen LogP) is -0.141. The van der Waals surface area contributed by atoms with Crippen molar-refractivity contribution in [3.8, 4) is 0 Å². The third-order valence-electron chi connectivity index (χ3n) is 4.68. The van der Waals surface area contributed by atoms with Gasteiger partial charge in [-0.25, -0.2) is 4.98 Å². The molecule has 2 saturated heterocycles. The highest BCUT2D eigenvalue weighted by atomic mass is 35.5. The summed E-state index contributed by atoms with van der Waals surface area (Å²) in [5.41, 5.74) is 0.0788. The third-order valence-corrected chi connectivity index (χ3v) is 5.44. The van der Waals surface area contributed by atoms with Gasteiger partial charge in [0.05, 0.1) is 23.6 Å². The highest BCUT2D eigenvalue weighted by Crippen LogP contribution is 2.23. The van der Waals surface area contributed by atoms with Gasteiger partial charge in [-0.1, -0.05) is 23.2 Å². The Morgan fingerprint density at radius 2 is 2.10 bits per heavy atom. The molecule has 3 rings (SSSR count). The fourth-order valence-corrected chi connectivity index (χ4v) is 3.59. The van der Waals surface area contributed by atoms with Crippen molar-refractivity contribution in [2.75, 3.05) is 13.1 Å². The van der Waals surface area contributed by atoms with E-state index in [2.05, 4.69) is 20.4 Å². The Kier molecular flexibility index (Phi) is 6.56. The number of likely N-dealkylation sites (tertiary alicyclic amines) is 1. The molecule has 3 heterocycles. The number of hydrogen-bond acceptors (Lipinski definition) is 7. The third kappa shape index (κ3) is 4.77. The van der Waals surface area contributed by atoms with Crippen molar-refractivity contribution in [2.45, 2.75) is 37.6 Å². The highest BCUT2D eigenvalue weighted by molar-refractivity contribution is 6.43. The maximum atomic E-state index is 12.5. The lowest BCUT2D eigenvalue weighted by molar-refractivity contribution is -0.155. The Balaban J connectivity index is 1.57. The molecule has 10 nitrogen and oxygen atoms in total. The van der Waals surface area contributed by atoms with E-state index in [-0.39, 0.29) is 28.7 Å². The van der Waals surface area contributed by atoms with Crippen molar-refractivity contribution in [3.05, 3.63) is 28.0 Å². The van der Waals surface area contributed by atoms with Crippen LogP contribution < -0.4 is 10.6 Å². The van der Waals surface area contributed by atoms with E-state index >= 15 is 0 Å². The fourth-order valence-electron chi connectivity index (χ4n) is 3.23. The van der Waals surface area contributed by atoms with Crippen LogP contribution in [-0.4, -0.2) is 70.1 Å². The van der Waals surface area contributed by atoms with Gasteiger partial charge in [-0.3, -0.25) is 19.2 Å². The van der Waals surface area contributed by atoms with Gasteiger partial charge in [-0.15, -0.1) is 0 Å². The van der Waals surface area contributed by atoms with Crippen molar-refractivity contribution < 1.29 is 29.0 Å². The molecule has 2 aliphatic rings. The summed E-state index contributed by atoms with van der Waals surface area (Å²) in [7, 11) is 0. The van der Waals surface area contributed by atoms with Gasteiger partial charge in [0.15, 0.2) is 0 Å². The molecule has 2 aliphatic heterocycles. The highest BCUT2D eigenvalue weighted by Gasteiger charge is 2.39. The average molecular weight is 445 g/mol. The molecule has 0 aliphatic carbocycles. The maximum absolute atomic E-state index is 12.5. The van der Waals surface area contributed by atoms with Crippen molar-refractivity contribution in [3.63, 3.8) is 0 Å². The van der Waals surface area contributed by atoms with E-state index in [0.717, 1.165) is 0 Å². The van der Waals surface area contributed by atoms with Crippen LogP contribution in [0, 0.1) is 0 Å². The summed E-state index contributed by atoms with van der Waals surface area (Å²) in [4.78, 5) is 53.6. The quantitative estimate of drug-likeness (QED) is 0.424. The van der Waals surface area contributed by atoms with E-state index in [9.17, 15) is 24.3 Å². The molecule has 0 bridgehead atoms. The van der Waals surface area contributed by atoms with Gasteiger partial charge in [-0.2, -0.15) is 0 Å². The molecule has 0 saturated carbocycles. The molecule has 0 spiro atoms. The van der Waals surface area contributed by atoms with Gasteiger partial charge in [0.1, 0.15) is 17.2 Å². The second-order valence-corrected chi connectivity index (χ2v) is 7.33. The first kappa shape index (κ1) is 21.3. The van der Waals surface area contributed by atoms with E-state index in [1.807, 2.05) is 0 Å². The molecule has 156 valence electrons. The Morgan fingerprint density at radius 1 is 1.34 bits per heavy atom. The minimum Gasteiger partial charge on any atom is -0.434 e. The second-order valence-electron chi connectivity index (χ2n) is 6.59. The van der Waals surface area contributed by atoms with Crippen LogP contribution in [-0.2, 0) is 19.1 Å². The Morgan fingerprint density at radius 3 is 2.79 bits per heavy atom. The molecule has 0 aromatic carbocycles. The second kappa shape index (κ2) is 8.93. The smallest absolute Gasteiger partial charge is 0.310 e. The fraction of sp³-hybridized carbons (Fsp3) is 0.471. The number of cyclic esters (lactones) is 1. The first-order valence-corrected chi connectivity index (χ1v) is 9.59. The van der Waals surface area contributed by atoms with E-state index in [1.165, 1.54) is 17.2 Å². The summed E-state index contributed by atoms with van der Waals surface area (Å²) < 4.78 is 4.59. The molecule has 0 unspecified atom stereocenters. The minimum atomic E-state index is -1.41. The first-order chi connectivity index (χ1) is 13.8. The number of aliphatic hydroxyl groups excluding tert-OH is 1. The molecule has 1 aromatic rings. The molecule has 3 N–H and O–H groups in total. The standard InChI is InChI=1S/C17H18Cl2N4O6/c18-13-8(3-4-20-14(13)19)15(26)21-7-11(24)23-5-1-2-10(23)16(27)22-9-6-12(25)29-17(9)28/h3-4,9-10,17,28H,1-2,5-7H2,(H,21,26)(H,22,27)/t9-,10-,17+/m0/s1. The topological polar surface area (TPSA) is 138 Å². The number of esters is 1. The SMILES string of the molecule is O=C1C[C@H](NC(=O)[C@@H]2CCCN2C(=O)CNC(=O)c2ccnc(Cl)c2Cl)[C@H](O)O1. The number of carbonyl (C=O) groups is 4. The van der Waals surface area contributed by atoms with E-state index < -0.39 is 42.1 Å². The number of nitrogens with one attached hydrogen (secondary N) is 2. The maximum Gasteiger partial charge on any atom is 0.310 e. The largest absolute Gasteiger partial charge is 0.434 e. The molecule has 3 atom stereocenters. The summed E-state index contributed by atoms with van der Waals surface area (Å²) in [6.45, 7) is 0.00379. The predicted molar refractivity (Wildman–Crippen MR) is 100.0 cm³/mol. The molecule has 12 heteroatoms. The molecule has 29 heavy (non-hydrogen) atoms. The minimum absolute atomic E-state index is 0.0237. The van der Waals surface area contributed by atoms with Crippen LogP contribution in [0.5, 0.6) is 0 Å². The average Bonchev–Trinajstić information content (AvgIpc) is 3.28. The van der Waals surface area contributed by atoms with Crippen LogP contribution in [0.3, 0.4) is 0 Å². The van der Waals surface area contributed by atoms with Crippen molar-refractivity contribution in [2.24, 2.45) is 0 Å². The molecular formula is C17H18Cl2N4O6. The number of rotatable bonds is 5. The number of carbonyl (C=O) groups excluding carboxylic acids is 4. The summed E-state index contributed by atoms with van der Waals surface area (Å²) >= 11 is 11.7. The van der Waals surface area contributed by atoms with Crippen LogP contribution >= 0.6 is 23.2 Å². The van der Waals surface area contributed by atoms with Crippen LogP contribution in [0.15, 0.2) is 12.3 Å². The molecule has 2 fully saturated rings. The number of ether oxygens (including phenoxy) is 1. The monoisotopic (exact) mass is 444 g/mol. The summed E-state index contributed by atoms with van der Waals surface area (Å²) in [5, 5.41) is 14.5. The normalized spacial score (nSPS) is 23.6. The Labute approximate surface area is 175 Å². The van der Waals surface area contributed by atoms with Gasteiger partial charge in [0, 0.05) is 12.7 Å². The number of amides is 3. The number of pyridine rings is 1. The summed E-state index contributed by atoms with van der Waals surface area (Å²) in [5.74, 6) is -2.16. The van der Waals surface area contributed by atoms with E-state index in [1.54, 1.807) is 0 Å². The van der Waals surface area contributed by atoms with Crippen LogP contribution in [0.1, 0.15) is 29.6 Å². The number of aliphatic hydroxyl groups is 1. The van der Waals surface area contributed by atoms with E-state index in [4.69, 9.17) is 23.2 Å². The lowest BCUT2D eigenvalue weighted by Gasteiger charge is -2.25. The summed E-state index contributed by atoms with van der Waals surface area (Å²) in [6, 6.07) is -0.247. The van der Waals surface area contributed by atoms with Crippen molar-refractivity contribution >= 4 is 46.9 Å². The molecule has 3 amide bonds. The van der Waals surface area contributed by atoms with Crippen molar-refractivity contribution in [1.82, 2.24) is 20.5 Å². The van der Waals surface area contributed by atoms with Gasteiger partial charge in [-0.05, 0) is 18.9 Å². The van der Waals surface area contributed by atoms with Gasteiger partial charge >= 0.3 is 5.97 Å². The van der Waals surface area contributed by atoms with Crippen LogP contribution in [0.2, 0.25) is 10.2 Å². The lowest BCUT2D eigenvalue weighted by atomic mass is 10.1. The summed E-state index contributed by atoms with van der Waals surface area (Å²) in [6.07, 6.45) is 0.797. The van der Waals surface area contributed by atoms with Crippen LogP contribution in [0.25, 0.3) is 0 Å². The number of nitrogens with zero attached hydrogens (tertiary/aromatic N) is 2. The lowest BCUT2D eigenvalue weighted by Crippen LogP contribution is -2.52. The molecular weight excluding hydrogens is 427 g/mol. The number of hydrogen-bond donors (Lipinski definition) is 3. The van der Waals surface area contributed by atoms with E-state index in [0.29, 0.717) is 19.4 Å². The Bertz CT molecular complexity index is 851. The zero-order chi connectivity index (χ0) is 21.1. The number of halogens is 2. The number of aromatic nitrogens is 1. The zero-order valence-corrected chi connectivity index (χ0v) is 16.6. The zero-order valence-electron chi connectivity index (χ0n) is 15.1. The van der Waals surface area contributed by atoms with Crippen LogP contribution in [0.4, 0.5) is 0 Å². The molecule has 1 aromatic heterocycles. The Hall–Kier alpha value is -2.43. The van der Waals surface area contributed by atoms with Gasteiger partial charge in [0.2, 0.25) is 18.1 Å². The van der Waals surface area contributed by atoms with Crippen molar-refractivity contribution in [1.29, 1.82) is 0 Å². The first-order valence-electron chi connectivity index (χ1n) is 8.83. The molecule has 0 radical (unpaired) electrons. The van der Waals surface area contributed by atoms with Gasteiger partial charge < -0.3 is 25.4 Å².